The van der Waals surface area contributed by atoms with Crippen molar-refractivity contribution in [2.45, 2.75) is 44.3 Å². The van der Waals surface area contributed by atoms with Gasteiger partial charge >= 0.3 is 6.09 Å². The van der Waals surface area contributed by atoms with E-state index in [4.69, 9.17) is 9.47 Å². The quantitative estimate of drug-likeness (QED) is 0.0837. The van der Waals surface area contributed by atoms with E-state index in [0.29, 0.717) is 42.1 Å². The van der Waals surface area contributed by atoms with E-state index < -0.39 is 12.2 Å². The van der Waals surface area contributed by atoms with Gasteiger partial charge in [-0.05, 0) is 110 Å². The molecule has 10 nitrogen and oxygen atoms in total. The van der Waals surface area contributed by atoms with Crippen molar-refractivity contribution in [2.24, 2.45) is 5.92 Å². The maximum atomic E-state index is 13.1. The largest absolute Gasteiger partial charge is 0.506 e. The van der Waals surface area contributed by atoms with Crippen molar-refractivity contribution in [1.29, 1.82) is 0 Å². The Labute approximate surface area is 303 Å². The van der Waals surface area contributed by atoms with Crippen LogP contribution in [0.4, 0.5) is 10.5 Å². The van der Waals surface area contributed by atoms with Crippen LogP contribution in [0.3, 0.4) is 0 Å². The van der Waals surface area contributed by atoms with E-state index >= 15 is 0 Å². The van der Waals surface area contributed by atoms with Crippen LogP contribution in [0.1, 0.15) is 42.1 Å². The van der Waals surface area contributed by atoms with Gasteiger partial charge in [0.25, 0.3) is 0 Å². The molecule has 0 aliphatic carbocycles. The number of anilines is 1. The van der Waals surface area contributed by atoms with Gasteiger partial charge in [0.05, 0.1) is 23.9 Å². The number of H-pyrrole nitrogens is 1. The van der Waals surface area contributed by atoms with Crippen molar-refractivity contribution < 1.29 is 24.5 Å². The zero-order valence-corrected chi connectivity index (χ0v) is 29.2. The van der Waals surface area contributed by atoms with Gasteiger partial charge in [0.15, 0.2) is 0 Å². The second-order valence-corrected chi connectivity index (χ2v) is 13.8. The molecule has 3 aliphatic heterocycles. The lowest BCUT2D eigenvalue weighted by molar-refractivity contribution is -0.0289. The minimum Gasteiger partial charge on any atom is -0.506 e. The number of aliphatic hydroxyl groups excluding tert-OH is 1. The van der Waals surface area contributed by atoms with Gasteiger partial charge in [0.2, 0.25) is 5.56 Å². The van der Waals surface area contributed by atoms with Gasteiger partial charge in [-0.3, -0.25) is 15.0 Å². The van der Waals surface area contributed by atoms with Gasteiger partial charge in [-0.1, -0.05) is 60.7 Å². The number of carbonyl (C=O) groups is 1. The number of aromatic amines is 1. The third-order valence-corrected chi connectivity index (χ3v) is 10.3. The molecule has 0 radical (unpaired) electrons. The molecule has 4 aromatic carbocycles. The number of piperidine rings is 3. The van der Waals surface area contributed by atoms with Gasteiger partial charge in [0, 0.05) is 30.1 Å². The summed E-state index contributed by atoms with van der Waals surface area (Å²) in [5.74, 6) is 1.23. The van der Waals surface area contributed by atoms with Crippen molar-refractivity contribution in [3.05, 3.63) is 124 Å². The number of hydrogen-bond donors (Lipinski definition) is 5. The number of amides is 1. The summed E-state index contributed by atoms with van der Waals surface area (Å²) in [7, 11) is 0. The third kappa shape index (κ3) is 8.65. The topological polar surface area (TPSA) is 136 Å². The van der Waals surface area contributed by atoms with E-state index in [9.17, 15) is 19.8 Å². The van der Waals surface area contributed by atoms with Gasteiger partial charge in [-0.2, -0.15) is 0 Å². The minimum atomic E-state index is -0.800. The van der Waals surface area contributed by atoms with Crippen LogP contribution in [0.5, 0.6) is 11.5 Å². The fraction of sp³-hybridized carbons (Fsp3) is 0.333. The summed E-state index contributed by atoms with van der Waals surface area (Å²) < 4.78 is 12.0. The zero-order chi connectivity index (χ0) is 35.9. The van der Waals surface area contributed by atoms with E-state index in [1.807, 2.05) is 54.6 Å². The average Bonchev–Trinajstić information content (AvgIpc) is 3.17. The first-order valence-electron chi connectivity index (χ1n) is 18.2. The van der Waals surface area contributed by atoms with Crippen LogP contribution in [0.2, 0.25) is 0 Å². The van der Waals surface area contributed by atoms with Crippen LogP contribution in [-0.2, 0) is 17.6 Å². The maximum Gasteiger partial charge on any atom is 0.411 e. The molecule has 3 aliphatic rings. The fourth-order valence-corrected chi connectivity index (χ4v) is 7.39. The van der Waals surface area contributed by atoms with Crippen molar-refractivity contribution in [1.82, 2.24) is 15.2 Å². The Balaban J connectivity index is 0.870. The first-order chi connectivity index (χ1) is 25.4. The van der Waals surface area contributed by atoms with Crippen LogP contribution in [0, 0.1) is 5.92 Å². The van der Waals surface area contributed by atoms with E-state index in [0.717, 1.165) is 85.4 Å². The minimum absolute atomic E-state index is 0.0286. The Morgan fingerprint density at radius 2 is 1.71 bits per heavy atom. The number of fused-ring (bicyclic) bond motifs is 4. The van der Waals surface area contributed by atoms with E-state index in [2.05, 4.69) is 38.7 Å². The predicted octanol–water partition coefficient (Wildman–Crippen LogP) is 6.42. The normalized spacial score (nSPS) is 18.6. The molecule has 0 spiro atoms. The van der Waals surface area contributed by atoms with Crippen LogP contribution in [0.15, 0.2) is 102 Å². The predicted molar refractivity (Wildman–Crippen MR) is 203 cm³/mol. The number of carbonyl (C=O) groups excluding carboxylic acids is 1. The number of hydrogen-bond acceptors (Lipinski definition) is 8. The number of benzene rings is 4. The standard InChI is InChI=1S/C42H46N4O6/c47-37-16-14-34(35-15-17-40(49)45-41(35)37)38(48)26-43-21-18-28-8-11-32(12-9-28)51-24-4-5-29-10-13-33(30-6-2-1-3-7-30)36(25-29)44-42(50)52-39-27-46-22-19-31(39)20-23-46/h1-3,6-17,25,31,38-39,43,47-48H,4-5,18-24,26-27H2,(H,44,50)(H,45,49)/t38-,39-/m0/s1. The molecule has 270 valence electrons. The number of aromatic nitrogens is 1. The summed E-state index contributed by atoms with van der Waals surface area (Å²) in [6.45, 7) is 4.58. The molecule has 1 amide bonds. The number of ether oxygens (including phenoxy) is 2. The van der Waals surface area contributed by atoms with Crippen LogP contribution in [-0.4, -0.2) is 71.6 Å². The summed E-state index contributed by atoms with van der Waals surface area (Å²) in [4.78, 5) is 29.8. The summed E-state index contributed by atoms with van der Waals surface area (Å²) in [5.41, 5.74) is 5.66. The van der Waals surface area contributed by atoms with Crippen molar-refractivity contribution in [3.63, 3.8) is 0 Å². The SMILES string of the molecule is O=C(Nc1cc(CCCOc2ccc(CCNC[C@H](O)c3ccc(O)c4[nH]c(=O)ccc34)cc2)ccc1-c1ccccc1)O[C@H]1CN2CCC1CC2. The fourth-order valence-electron chi connectivity index (χ4n) is 7.39. The van der Waals surface area contributed by atoms with E-state index in [-0.39, 0.29) is 17.4 Å². The molecule has 5 N–H and O–H groups in total. The Morgan fingerprint density at radius 1 is 0.923 bits per heavy atom. The Bertz CT molecular complexity index is 2030. The molecule has 2 bridgehead atoms. The number of rotatable bonds is 14. The molecule has 5 aromatic rings. The number of aromatic hydroxyl groups is 1. The number of pyridine rings is 1. The number of phenolic OH excluding ortho intramolecular Hbond substituents is 1. The summed E-state index contributed by atoms with van der Waals surface area (Å²) in [6, 6.07) is 30.5. The van der Waals surface area contributed by atoms with Crippen molar-refractivity contribution in [2.75, 3.05) is 44.6 Å². The highest BCUT2D eigenvalue weighted by atomic mass is 16.6. The van der Waals surface area contributed by atoms with Gasteiger partial charge < -0.3 is 30.0 Å². The van der Waals surface area contributed by atoms with Crippen molar-refractivity contribution >= 4 is 22.7 Å². The lowest BCUT2D eigenvalue weighted by Gasteiger charge is -2.43. The first kappa shape index (κ1) is 35.3. The zero-order valence-electron chi connectivity index (χ0n) is 29.2. The Morgan fingerprint density at radius 3 is 2.48 bits per heavy atom. The molecule has 0 unspecified atom stereocenters. The molecule has 3 saturated heterocycles. The molecule has 2 atom stereocenters. The second kappa shape index (κ2) is 16.5. The van der Waals surface area contributed by atoms with Crippen LogP contribution in [0.25, 0.3) is 22.0 Å². The Hall–Kier alpha value is -5.16. The smallest absolute Gasteiger partial charge is 0.411 e. The van der Waals surface area contributed by atoms with Gasteiger partial charge in [-0.15, -0.1) is 0 Å². The average molecular weight is 703 g/mol. The van der Waals surface area contributed by atoms with Crippen LogP contribution < -0.4 is 20.9 Å². The highest BCUT2D eigenvalue weighted by Crippen LogP contribution is 2.33. The first-order valence-corrected chi connectivity index (χ1v) is 18.2. The number of nitrogens with zero attached hydrogens (tertiary/aromatic N) is 1. The molecule has 4 heterocycles. The molecular formula is C42H46N4O6. The monoisotopic (exact) mass is 702 g/mol. The lowest BCUT2D eigenvalue weighted by atomic mass is 9.86. The van der Waals surface area contributed by atoms with E-state index in [1.54, 1.807) is 12.1 Å². The van der Waals surface area contributed by atoms with Crippen molar-refractivity contribution in [3.8, 4) is 22.6 Å². The highest BCUT2D eigenvalue weighted by molar-refractivity contribution is 5.92. The molecule has 52 heavy (non-hydrogen) atoms. The molecule has 3 fully saturated rings. The summed E-state index contributed by atoms with van der Waals surface area (Å²) >= 11 is 0. The summed E-state index contributed by atoms with van der Waals surface area (Å²) in [5, 5.41) is 27.9. The molecule has 10 heteroatoms. The number of aryl methyl sites for hydroxylation is 1. The third-order valence-electron chi connectivity index (χ3n) is 10.3. The molecule has 1 aromatic heterocycles. The molecule has 0 saturated carbocycles. The number of aliphatic hydroxyl groups is 1. The van der Waals surface area contributed by atoms with Gasteiger partial charge in [0.1, 0.15) is 17.6 Å². The van der Waals surface area contributed by atoms with Crippen LogP contribution >= 0.6 is 0 Å². The summed E-state index contributed by atoms with van der Waals surface area (Å²) in [6.07, 6.45) is 3.32. The highest BCUT2D eigenvalue weighted by Gasteiger charge is 2.36. The molecular weight excluding hydrogens is 656 g/mol. The Kier molecular flexibility index (Phi) is 11.2. The maximum absolute atomic E-state index is 13.1. The lowest BCUT2D eigenvalue weighted by Crippen LogP contribution is -2.52. The van der Waals surface area contributed by atoms with Gasteiger partial charge in [-0.25, -0.2) is 4.79 Å². The second-order valence-electron chi connectivity index (χ2n) is 13.8. The number of phenols is 1. The molecule has 8 rings (SSSR count). The number of nitrogens with one attached hydrogen (secondary N) is 3. The van der Waals surface area contributed by atoms with E-state index in [1.165, 1.54) is 12.1 Å².